The third-order valence-electron chi connectivity index (χ3n) is 1.82. The van der Waals surface area contributed by atoms with E-state index in [1.165, 1.54) is 0 Å². The number of aliphatic hydroxyl groups is 2. The highest BCUT2D eigenvalue weighted by Crippen LogP contribution is 2.23. The first-order chi connectivity index (χ1) is 6.07. The van der Waals surface area contributed by atoms with Crippen molar-refractivity contribution in [3.8, 4) is 6.07 Å². The average Bonchev–Trinajstić information content (AvgIpc) is 2.44. The molecule has 0 bridgehead atoms. The lowest BCUT2D eigenvalue weighted by atomic mass is 10.0. The molecule has 1 aromatic heterocycles. The third kappa shape index (κ3) is 1.69. The molecule has 0 aliphatic carbocycles. The lowest BCUT2D eigenvalue weighted by Gasteiger charge is -2.10. The van der Waals surface area contributed by atoms with E-state index in [-0.39, 0.29) is 0 Å². The van der Waals surface area contributed by atoms with E-state index < -0.39 is 12.2 Å². The van der Waals surface area contributed by atoms with Crippen molar-refractivity contribution in [2.75, 3.05) is 0 Å². The number of nitrogens with zero attached hydrogens (tertiary/aromatic N) is 2. The van der Waals surface area contributed by atoms with Crippen LogP contribution in [-0.4, -0.2) is 21.5 Å². The van der Waals surface area contributed by atoms with Crippen LogP contribution in [0.1, 0.15) is 23.1 Å². The maximum absolute atomic E-state index is 9.47. The molecule has 0 aliphatic heterocycles. The van der Waals surface area contributed by atoms with E-state index in [9.17, 15) is 5.11 Å². The number of nitriles is 1. The lowest BCUT2D eigenvalue weighted by molar-refractivity contribution is 0.0514. The summed E-state index contributed by atoms with van der Waals surface area (Å²) >= 11 is 0. The highest BCUT2D eigenvalue weighted by atomic mass is 16.5. The quantitative estimate of drug-likeness (QED) is 0.638. The Labute approximate surface area is 75.2 Å². The summed E-state index contributed by atoms with van der Waals surface area (Å²) in [6, 6.07) is 1.54. The summed E-state index contributed by atoms with van der Waals surface area (Å²) in [5.41, 5.74) is 0.869. The number of hydrogen-bond donors (Lipinski definition) is 2. The molecule has 70 valence electrons. The van der Waals surface area contributed by atoms with Crippen LogP contribution in [0.15, 0.2) is 4.52 Å². The highest BCUT2D eigenvalue weighted by molar-refractivity contribution is 5.25. The van der Waals surface area contributed by atoms with Crippen LogP contribution in [0.4, 0.5) is 0 Å². The Morgan fingerprint density at radius 1 is 1.46 bits per heavy atom. The molecule has 0 spiro atoms. The van der Waals surface area contributed by atoms with Crippen molar-refractivity contribution in [2.24, 2.45) is 0 Å². The van der Waals surface area contributed by atoms with Crippen LogP contribution in [0, 0.1) is 25.2 Å². The predicted molar refractivity (Wildman–Crippen MR) is 42.6 cm³/mol. The first-order valence-electron chi connectivity index (χ1n) is 3.76. The molecule has 0 radical (unpaired) electrons. The Morgan fingerprint density at radius 2 is 2.08 bits per heavy atom. The molecule has 0 fully saturated rings. The number of hydrogen-bond acceptors (Lipinski definition) is 5. The molecule has 0 amide bonds. The van der Waals surface area contributed by atoms with Crippen LogP contribution in [0.5, 0.6) is 0 Å². The molecule has 2 atom stereocenters. The monoisotopic (exact) mass is 182 g/mol. The summed E-state index contributed by atoms with van der Waals surface area (Å²) in [5.74, 6) is 0.416. The molecule has 0 saturated heterocycles. The summed E-state index contributed by atoms with van der Waals surface area (Å²) in [6.45, 7) is 3.25. The summed E-state index contributed by atoms with van der Waals surface area (Å²) < 4.78 is 4.78. The van der Waals surface area contributed by atoms with E-state index in [4.69, 9.17) is 14.9 Å². The van der Waals surface area contributed by atoms with Crippen molar-refractivity contribution >= 4 is 0 Å². The van der Waals surface area contributed by atoms with Crippen LogP contribution >= 0.6 is 0 Å². The van der Waals surface area contributed by atoms with Crippen molar-refractivity contribution in [3.63, 3.8) is 0 Å². The van der Waals surface area contributed by atoms with Gasteiger partial charge in [0.2, 0.25) is 0 Å². The van der Waals surface area contributed by atoms with E-state index in [1.54, 1.807) is 19.9 Å². The molecule has 1 heterocycles. The molecule has 0 aliphatic rings. The van der Waals surface area contributed by atoms with Crippen LogP contribution < -0.4 is 0 Å². The van der Waals surface area contributed by atoms with Gasteiger partial charge in [0, 0.05) is 5.56 Å². The molecular weight excluding hydrogens is 172 g/mol. The molecule has 1 aromatic rings. The fourth-order valence-corrected chi connectivity index (χ4v) is 1.14. The van der Waals surface area contributed by atoms with Crippen molar-refractivity contribution in [1.82, 2.24) is 5.16 Å². The van der Waals surface area contributed by atoms with Gasteiger partial charge in [-0.1, -0.05) is 5.16 Å². The van der Waals surface area contributed by atoms with Gasteiger partial charge in [-0.25, -0.2) is 0 Å². The Kier molecular flexibility index (Phi) is 2.66. The summed E-state index contributed by atoms with van der Waals surface area (Å²) in [5, 5.41) is 30.5. The summed E-state index contributed by atoms with van der Waals surface area (Å²) in [6.07, 6.45) is -2.70. The van der Waals surface area contributed by atoms with Crippen molar-refractivity contribution < 1.29 is 14.7 Å². The minimum atomic E-state index is -1.45. The maximum Gasteiger partial charge on any atom is 0.170 e. The molecular formula is C8H10N2O3. The second kappa shape index (κ2) is 3.56. The molecule has 1 rings (SSSR count). The Morgan fingerprint density at radius 3 is 2.46 bits per heavy atom. The second-order valence-electron chi connectivity index (χ2n) is 2.76. The van der Waals surface area contributed by atoms with Gasteiger partial charge >= 0.3 is 0 Å². The first kappa shape index (κ1) is 9.71. The van der Waals surface area contributed by atoms with Gasteiger partial charge in [0.15, 0.2) is 6.10 Å². The molecule has 13 heavy (non-hydrogen) atoms. The minimum Gasteiger partial charge on any atom is -0.384 e. The van der Waals surface area contributed by atoms with E-state index >= 15 is 0 Å². The Balaban J connectivity index is 3.02. The van der Waals surface area contributed by atoms with Gasteiger partial charge in [0.25, 0.3) is 0 Å². The Bertz CT molecular complexity index is 320. The van der Waals surface area contributed by atoms with Crippen LogP contribution in [-0.2, 0) is 0 Å². The van der Waals surface area contributed by atoms with E-state index in [1.807, 2.05) is 0 Å². The van der Waals surface area contributed by atoms with Gasteiger partial charge in [0.05, 0.1) is 11.8 Å². The average molecular weight is 182 g/mol. The maximum atomic E-state index is 9.47. The number of aryl methyl sites for hydroxylation is 2. The predicted octanol–water partition coefficient (Wildman–Crippen LogP) is 0.209. The second-order valence-corrected chi connectivity index (χ2v) is 2.76. The normalized spacial score (nSPS) is 15.0. The van der Waals surface area contributed by atoms with Gasteiger partial charge in [-0.2, -0.15) is 5.26 Å². The molecule has 2 N–H and O–H groups in total. The highest BCUT2D eigenvalue weighted by Gasteiger charge is 2.24. The minimum absolute atomic E-state index is 0.383. The molecule has 5 nitrogen and oxygen atoms in total. The number of rotatable bonds is 2. The van der Waals surface area contributed by atoms with Gasteiger partial charge in [-0.3, -0.25) is 0 Å². The van der Waals surface area contributed by atoms with Crippen LogP contribution in [0.3, 0.4) is 0 Å². The molecule has 5 heteroatoms. The standard InChI is InChI=1S/C8H10N2O3/c1-4-7(5(2)13-10-4)8(12)6(11)3-9/h6,8,11-12H,1-2H3. The van der Waals surface area contributed by atoms with Gasteiger partial charge in [0.1, 0.15) is 11.9 Å². The van der Waals surface area contributed by atoms with E-state index in [0.717, 1.165) is 0 Å². The fourth-order valence-electron chi connectivity index (χ4n) is 1.14. The first-order valence-corrected chi connectivity index (χ1v) is 3.76. The van der Waals surface area contributed by atoms with Crippen molar-refractivity contribution in [1.29, 1.82) is 5.26 Å². The largest absolute Gasteiger partial charge is 0.384 e. The van der Waals surface area contributed by atoms with Crippen LogP contribution in [0.25, 0.3) is 0 Å². The van der Waals surface area contributed by atoms with Crippen molar-refractivity contribution in [2.45, 2.75) is 26.1 Å². The number of aliphatic hydroxyl groups excluding tert-OH is 2. The van der Waals surface area contributed by atoms with Gasteiger partial charge < -0.3 is 14.7 Å². The molecule has 2 unspecified atom stereocenters. The molecule has 0 saturated carbocycles. The topological polar surface area (TPSA) is 90.3 Å². The zero-order valence-electron chi connectivity index (χ0n) is 7.35. The van der Waals surface area contributed by atoms with Gasteiger partial charge in [-0.15, -0.1) is 0 Å². The zero-order valence-corrected chi connectivity index (χ0v) is 7.35. The van der Waals surface area contributed by atoms with E-state index in [2.05, 4.69) is 5.16 Å². The third-order valence-corrected chi connectivity index (χ3v) is 1.82. The fraction of sp³-hybridized carbons (Fsp3) is 0.500. The van der Waals surface area contributed by atoms with Gasteiger partial charge in [-0.05, 0) is 13.8 Å². The molecule has 0 aromatic carbocycles. The zero-order chi connectivity index (χ0) is 10.0. The SMILES string of the molecule is Cc1noc(C)c1C(O)C(O)C#N. The van der Waals surface area contributed by atoms with E-state index in [0.29, 0.717) is 17.0 Å². The summed E-state index contributed by atoms with van der Waals surface area (Å²) in [7, 11) is 0. The lowest BCUT2D eigenvalue weighted by Crippen LogP contribution is -2.16. The smallest absolute Gasteiger partial charge is 0.170 e. The summed E-state index contributed by atoms with van der Waals surface area (Å²) in [4.78, 5) is 0. The number of aromatic nitrogens is 1. The Hall–Kier alpha value is -1.38. The van der Waals surface area contributed by atoms with Crippen LogP contribution in [0.2, 0.25) is 0 Å². The van der Waals surface area contributed by atoms with Crippen molar-refractivity contribution in [3.05, 3.63) is 17.0 Å².